The molecule has 2 saturated heterocycles. The Kier molecular flexibility index (Phi) is 11.2. The Morgan fingerprint density at radius 1 is 0.714 bits per heavy atom. The highest BCUT2D eigenvalue weighted by Crippen LogP contribution is 2.31. The van der Waals surface area contributed by atoms with E-state index in [2.05, 4.69) is 0 Å². The SMILES string of the molecule is CO[C@@H]1O[C@@H](CO)[C@@H](O[C@@H]2OC(CO)[C@@H](C)[C@H](O)C2O)C(O)C1O.OCCO. The molecular weight excluding hydrogens is 384 g/mol. The summed E-state index contributed by atoms with van der Waals surface area (Å²) < 4.78 is 21.1. The molecule has 28 heavy (non-hydrogen) atoms. The summed E-state index contributed by atoms with van der Waals surface area (Å²) in [6.07, 6.45) is -11.2. The van der Waals surface area contributed by atoms with Gasteiger partial charge in [0.15, 0.2) is 12.6 Å². The number of hydrogen-bond acceptors (Lipinski definition) is 12. The molecule has 0 bridgehead atoms. The number of rotatable bonds is 6. The molecule has 0 aromatic carbocycles. The zero-order valence-corrected chi connectivity index (χ0v) is 15.8. The highest BCUT2D eigenvalue weighted by Gasteiger charge is 2.49. The van der Waals surface area contributed by atoms with Gasteiger partial charge in [-0.15, -0.1) is 0 Å². The van der Waals surface area contributed by atoms with E-state index < -0.39 is 74.4 Å². The minimum atomic E-state index is -1.49. The van der Waals surface area contributed by atoms with Crippen molar-refractivity contribution in [3.05, 3.63) is 0 Å². The number of methoxy groups -OCH3 is 1. The molecule has 2 rings (SSSR count). The molecule has 10 atom stereocenters. The molecule has 8 N–H and O–H groups in total. The van der Waals surface area contributed by atoms with Crippen LogP contribution in [-0.4, -0.2) is 130 Å². The van der Waals surface area contributed by atoms with Gasteiger partial charge in [-0.05, 0) is 0 Å². The van der Waals surface area contributed by atoms with Crippen molar-refractivity contribution >= 4 is 0 Å². The lowest BCUT2D eigenvalue weighted by molar-refractivity contribution is -0.353. The van der Waals surface area contributed by atoms with Gasteiger partial charge in [-0.3, -0.25) is 0 Å². The van der Waals surface area contributed by atoms with Crippen LogP contribution in [0.4, 0.5) is 0 Å². The predicted octanol–water partition coefficient (Wildman–Crippen LogP) is -4.50. The zero-order valence-electron chi connectivity index (χ0n) is 15.8. The van der Waals surface area contributed by atoms with Crippen molar-refractivity contribution in [3.63, 3.8) is 0 Å². The summed E-state index contributed by atoms with van der Waals surface area (Å²) in [4.78, 5) is 0. The molecule has 0 saturated carbocycles. The quantitative estimate of drug-likeness (QED) is 0.207. The maximum Gasteiger partial charge on any atom is 0.187 e. The predicted molar refractivity (Wildman–Crippen MR) is 90.7 cm³/mol. The van der Waals surface area contributed by atoms with Crippen LogP contribution < -0.4 is 0 Å². The van der Waals surface area contributed by atoms with Gasteiger partial charge in [0.05, 0.1) is 38.6 Å². The molecule has 0 amide bonds. The second-order valence-corrected chi connectivity index (χ2v) is 6.56. The van der Waals surface area contributed by atoms with E-state index in [0.29, 0.717) is 0 Å². The molecule has 168 valence electrons. The average molecular weight is 416 g/mol. The maximum atomic E-state index is 10.2. The summed E-state index contributed by atoms with van der Waals surface area (Å²) in [5.74, 6) is -0.533. The van der Waals surface area contributed by atoms with Crippen LogP contribution in [0, 0.1) is 5.92 Å². The van der Waals surface area contributed by atoms with Crippen molar-refractivity contribution in [1.82, 2.24) is 0 Å². The molecule has 0 aromatic heterocycles. The molecule has 4 unspecified atom stereocenters. The van der Waals surface area contributed by atoms with Gasteiger partial charge in [-0.1, -0.05) is 6.92 Å². The van der Waals surface area contributed by atoms with Gasteiger partial charge in [0.25, 0.3) is 0 Å². The Balaban J connectivity index is 0.000000892. The minimum absolute atomic E-state index is 0.125. The van der Waals surface area contributed by atoms with Gasteiger partial charge in [0.1, 0.15) is 30.5 Å². The van der Waals surface area contributed by atoms with Gasteiger partial charge in [-0.2, -0.15) is 0 Å². The summed E-state index contributed by atoms with van der Waals surface area (Å²) >= 11 is 0. The Morgan fingerprint density at radius 3 is 1.68 bits per heavy atom. The third-order valence-electron chi connectivity index (χ3n) is 4.69. The standard InChI is InChI=1S/C14H26O10.C2H6O2/c1-5-6(3-15)22-14(10(19)8(5)17)24-12-7(4-16)23-13(21-2)11(20)9(12)18;3-1-2-4/h5-20H,3-4H2,1-2H3;3-4H,1-2H2/t5-,6?,7+,8+,9?,10?,11?,12-,13-,14+;/m1./s1. The lowest BCUT2D eigenvalue weighted by atomic mass is 9.91. The van der Waals surface area contributed by atoms with E-state index in [1.54, 1.807) is 6.92 Å². The maximum absolute atomic E-state index is 10.2. The smallest absolute Gasteiger partial charge is 0.187 e. The molecule has 2 aliphatic rings. The van der Waals surface area contributed by atoms with Gasteiger partial charge in [-0.25, -0.2) is 0 Å². The first kappa shape index (κ1) is 25.6. The van der Waals surface area contributed by atoms with Crippen molar-refractivity contribution in [1.29, 1.82) is 0 Å². The van der Waals surface area contributed by atoms with E-state index in [0.717, 1.165) is 0 Å². The second-order valence-electron chi connectivity index (χ2n) is 6.56. The Hall–Kier alpha value is -0.480. The fourth-order valence-corrected chi connectivity index (χ4v) is 2.96. The van der Waals surface area contributed by atoms with E-state index in [9.17, 15) is 30.6 Å². The molecule has 2 heterocycles. The Morgan fingerprint density at radius 2 is 1.21 bits per heavy atom. The van der Waals surface area contributed by atoms with Gasteiger partial charge < -0.3 is 59.8 Å². The molecule has 2 fully saturated rings. The summed E-state index contributed by atoms with van der Waals surface area (Å²) in [6, 6.07) is 0. The monoisotopic (exact) mass is 416 g/mol. The fraction of sp³-hybridized carbons (Fsp3) is 1.00. The van der Waals surface area contributed by atoms with Crippen molar-refractivity contribution in [2.45, 2.75) is 62.2 Å². The summed E-state index contributed by atoms with van der Waals surface area (Å²) in [6.45, 7) is 0.416. The number of aliphatic hydroxyl groups excluding tert-OH is 8. The van der Waals surface area contributed by atoms with E-state index >= 15 is 0 Å². The van der Waals surface area contributed by atoms with Gasteiger partial charge in [0, 0.05) is 13.0 Å². The lowest BCUT2D eigenvalue weighted by Gasteiger charge is -2.46. The average Bonchev–Trinajstić information content (AvgIpc) is 2.71. The van der Waals surface area contributed by atoms with Crippen LogP contribution >= 0.6 is 0 Å². The van der Waals surface area contributed by atoms with E-state index in [-0.39, 0.29) is 13.2 Å². The van der Waals surface area contributed by atoms with Crippen molar-refractivity contribution < 1.29 is 59.8 Å². The molecule has 0 spiro atoms. The zero-order chi connectivity index (χ0) is 21.4. The topological polar surface area (TPSA) is 199 Å². The molecule has 0 aromatic rings. The largest absolute Gasteiger partial charge is 0.394 e. The first-order valence-electron chi connectivity index (χ1n) is 8.92. The fourth-order valence-electron chi connectivity index (χ4n) is 2.96. The highest BCUT2D eigenvalue weighted by atomic mass is 16.7. The van der Waals surface area contributed by atoms with E-state index in [4.69, 9.17) is 29.2 Å². The normalized spacial score (nSPS) is 43.9. The molecule has 2 aliphatic heterocycles. The summed E-state index contributed by atoms with van der Waals surface area (Å²) in [7, 11) is 1.27. The van der Waals surface area contributed by atoms with Crippen LogP contribution in [0.3, 0.4) is 0 Å². The molecule has 0 aliphatic carbocycles. The molecule has 12 nitrogen and oxygen atoms in total. The van der Waals surface area contributed by atoms with Gasteiger partial charge in [0.2, 0.25) is 0 Å². The third-order valence-corrected chi connectivity index (χ3v) is 4.69. The van der Waals surface area contributed by atoms with Crippen LogP contribution in [-0.2, 0) is 18.9 Å². The Labute approximate surface area is 162 Å². The lowest BCUT2D eigenvalue weighted by Crippen LogP contribution is -2.63. The molecule has 12 heteroatoms. The Bertz CT molecular complexity index is 420. The van der Waals surface area contributed by atoms with E-state index in [1.807, 2.05) is 0 Å². The second kappa shape index (κ2) is 12.3. The summed E-state index contributed by atoms with van der Waals surface area (Å²) in [5, 5.41) is 74.3. The van der Waals surface area contributed by atoms with Gasteiger partial charge >= 0.3 is 0 Å². The van der Waals surface area contributed by atoms with Crippen molar-refractivity contribution in [2.24, 2.45) is 5.92 Å². The van der Waals surface area contributed by atoms with Crippen molar-refractivity contribution in [2.75, 3.05) is 33.5 Å². The number of aliphatic hydroxyl groups is 8. The first-order chi connectivity index (χ1) is 13.3. The molecular formula is C16H32O12. The summed E-state index contributed by atoms with van der Waals surface area (Å²) in [5.41, 5.74) is 0. The number of hydrogen-bond donors (Lipinski definition) is 8. The number of ether oxygens (including phenoxy) is 4. The van der Waals surface area contributed by atoms with E-state index in [1.165, 1.54) is 7.11 Å². The van der Waals surface area contributed by atoms with Crippen LogP contribution in [0.25, 0.3) is 0 Å². The van der Waals surface area contributed by atoms with Crippen LogP contribution in [0.5, 0.6) is 0 Å². The third kappa shape index (κ3) is 6.01. The molecule has 0 radical (unpaired) electrons. The van der Waals surface area contributed by atoms with Crippen LogP contribution in [0.2, 0.25) is 0 Å². The highest BCUT2D eigenvalue weighted by molar-refractivity contribution is 4.93. The first-order valence-corrected chi connectivity index (χ1v) is 8.92. The van der Waals surface area contributed by atoms with Crippen LogP contribution in [0.15, 0.2) is 0 Å². The minimum Gasteiger partial charge on any atom is -0.394 e. The van der Waals surface area contributed by atoms with Crippen LogP contribution in [0.1, 0.15) is 6.92 Å². The van der Waals surface area contributed by atoms with Crippen molar-refractivity contribution in [3.8, 4) is 0 Å².